The Hall–Kier alpha value is -0.710. The second kappa shape index (κ2) is 4.28. The number of carboxylic acid groups (broad SMARTS) is 1. The van der Waals surface area contributed by atoms with E-state index in [0.717, 1.165) is 6.42 Å². The minimum atomic E-state index is -4.06. The van der Waals surface area contributed by atoms with Gasteiger partial charge >= 0.3 is 11.9 Å². The topological polar surface area (TPSA) is 57.5 Å². The normalized spacial score (nSPS) is 31.8. The summed E-state index contributed by atoms with van der Waals surface area (Å²) < 4.78 is 26.8. The molecular formula is C11H18F2O3. The molecular weight excluding hydrogens is 218 g/mol. The zero-order valence-corrected chi connectivity index (χ0v) is 9.54. The van der Waals surface area contributed by atoms with Gasteiger partial charge in [-0.2, -0.15) is 8.78 Å². The lowest BCUT2D eigenvalue weighted by molar-refractivity contribution is -0.220. The van der Waals surface area contributed by atoms with Gasteiger partial charge in [0.1, 0.15) is 5.60 Å². The standard InChI is InChI=1S/C11H18F2O3/c1-7(2)8-4-3-5-10(16,6-8)11(12,13)9(14)15/h7-8,16H,3-6H2,1-2H3,(H,14,15). The van der Waals surface area contributed by atoms with Crippen LogP contribution in [0.15, 0.2) is 0 Å². The molecule has 0 aromatic heterocycles. The van der Waals surface area contributed by atoms with Crippen molar-refractivity contribution in [2.24, 2.45) is 11.8 Å². The highest BCUT2D eigenvalue weighted by atomic mass is 19.3. The number of rotatable bonds is 3. The molecule has 2 atom stereocenters. The van der Waals surface area contributed by atoms with Crippen LogP contribution in [-0.4, -0.2) is 27.7 Å². The molecule has 0 saturated heterocycles. The predicted octanol–water partition coefficient (Wildman–Crippen LogP) is 2.28. The Balaban J connectivity index is 2.88. The van der Waals surface area contributed by atoms with Crippen molar-refractivity contribution in [3.8, 4) is 0 Å². The molecule has 1 aliphatic rings. The third kappa shape index (κ3) is 2.19. The molecule has 0 aromatic rings. The molecule has 1 fully saturated rings. The van der Waals surface area contributed by atoms with Gasteiger partial charge < -0.3 is 10.2 Å². The lowest BCUT2D eigenvalue weighted by Crippen LogP contribution is -2.56. The average molecular weight is 236 g/mol. The van der Waals surface area contributed by atoms with Crippen molar-refractivity contribution >= 4 is 5.97 Å². The number of hydrogen-bond acceptors (Lipinski definition) is 2. The van der Waals surface area contributed by atoms with Gasteiger partial charge in [-0.25, -0.2) is 4.79 Å². The molecule has 3 nitrogen and oxygen atoms in total. The Bertz CT molecular complexity index is 278. The summed E-state index contributed by atoms with van der Waals surface area (Å²) in [5.41, 5.74) is -2.38. The van der Waals surface area contributed by atoms with Gasteiger partial charge in [0, 0.05) is 0 Å². The first-order valence-corrected chi connectivity index (χ1v) is 5.54. The van der Waals surface area contributed by atoms with Crippen molar-refractivity contribution in [2.75, 3.05) is 0 Å². The van der Waals surface area contributed by atoms with Crippen molar-refractivity contribution in [1.82, 2.24) is 0 Å². The third-order valence-electron chi connectivity index (χ3n) is 3.56. The second-order valence-corrected chi connectivity index (χ2v) is 5.01. The zero-order valence-electron chi connectivity index (χ0n) is 9.54. The lowest BCUT2D eigenvalue weighted by atomic mass is 9.71. The molecule has 0 radical (unpaired) electrons. The van der Waals surface area contributed by atoms with E-state index in [9.17, 15) is 18.7 Å². The minimum Gasteiger partial charge on any atom is -0.477 e. The van der Waals surface area contributed by atoms with E-state index < -0.39 is 17.5 Å². The number of carbonyl (C=O) groups is 1. The van der Waals surface area contributed by atoms with Crippen LogP contribution in [0.25, 0.3) is 0 Å². The van der Waals surface area contributed by atoms with Crippen molar-refractivity contribution in [1.29, 1.82) is 0 Å². The summed E-state index contributed by atoms with van der Waals surface area (Å²) in [6.07, 6.45) is 0.942. The van der Waals surface area contributed by atoms with Crippen molar-refractivity contribution < 1.29 is 23.8 Å². The number of alkyl halides is 2. The van der Waals surface area contributed by atoms with E-state index >= 15 is 0 Å². The SMILES string of the molecule is CC(C)C1CCCC(O)(C(F)(F)C(=O)O)C1. The van der Waals surface area contributed by atoms with E-state index in [2.05, 4.69) is 0 Å². The first-order valence-electron chi connectivity index (χ1n) is 5.54. The monoisotopic (exact) mass is 236 g/mol. The largest absolute Gasteiger partial charge is 0.477 e. The van der Waals surface area contributed by atoms with Crippen molar-refractivity contribution in [3.05, 3.63) is 0 Å². The van der Waals surface area contributed by atoms with Crippen LogP contribution >= 0.6 is 0 Å². The van der Waals surface area contributed by atoms with E-state index in [-0.39, 0.29) is 24.7 Å². The highest BCUT2D eigenvalue weighted by molar-refractivity contribution is 5.77. The van der Waals surface area contributed by atoms with Crippen LogP contribution in [0, 0.1) is 11.8 Å². The molecule has 1 rings (SSSR count). The Morgan fingerprint density at radius 3 is 2.50 bits per heavy atom. The smallest absolute Gasteiger partial charge is 0.377 e. The number of aliphatic hydroxyl groups is 1. The molecule has 94 valence electrons. The van der Waals surface area contributed by atoms with Gasteiger partial charge in [0.25, 0.3) is 0 Å². The summed E-state index contributed by atoms with van der Waals surface area (Å²) in [4.78, 5) is 10.5. The third-order valence-corrected chi connectivity index (χ3v) is 3.56. The first-order chi connectivity index (χ1) is 7.21. The summed E-state index contributed by atoms with van der Waals surface area (Å²) in [6, 6.07) is 0. The predicted molar refractivity (Wildman–Crippen MR) is 54.3 cm³/mol. The molecule has 2 unspecified atom stereocenters. The second-order valence-electron chi connectivity index (χ2n) is 5.01. The summed E-state index contributed by atoms with van der Waals surface area (Å²) in [5.74, 6) is -6.15. The van der Waals surface area contributed by atoms with Crippen LogP contribution in [0.3, 0.4) is 0 Å². The van der Waals surface area contributed by atoms with E-state index in [0.29, 0.717) is 6.42 Å². The molecule has 2 N–H and O–H groups in total. The van der Waals surface area contributed by atoms with Crippen LogP contribution < -0.4 is 0 Å². The minimum absolute atomic E-state index is 0.0380. The quantitative estimate of drug-likeness (QED) is 0.790. The molecule has 0 bridgehead atoms. The molecule has 1 aliphatic carbocycles. The summed E-state index contributed by atoms with van der Waals surface area (Å²) in [6.45, 7) is 3.80. The molecule has 1 saturated carbocycles. The Morgan fingerprint density at radius 2 is 2.06 bits per heavy atom. The zero-order chi connectivity index (χ0) is 12.6. The Kier molecular flexibility index (Phi) is 3.57. The van der Waals surface area contributed by atoms with Crippen molar-refractivity contribution in [3.63, 3.8) is 0 Å². The maximum atomic E-state index is 13.4. The molecule has 0 aromatic carbocycles. The molecule has 0 aliphatic heterocycles. The first kappa shape index (κ1) is 13.4. The number of halogens is 2. The maximum Gasteiger partial charge on any atom is 0.377 e. The van der Waals surface area contributed by atoms with Gasteiger partial charge in [-0.15, -0.1) is 0 Å². The fourth-order valence-electron chi connectivity index (χ4n) is 2.35. The number of hydrogen-bond donors (Lipinski definition) is 2. The molecule has 16 heavy (non-hydrogen) atoms. The number of aliphatic carboxylic acids is 1. The van der Waals surface area contributed by atoms with Crippen LogP contribution in [0.2, 0.25) is 0 Å². The van der Waals surface area contributed by atoms with Crippen LogP contribution in [-0.2, 0) is 4.79 Å². The fraction of sp³-hybridized carbons (Fsp3) is 0.909. The molecule has 0 amide bonds. The van der Waals surface area contributed by atoms with Crippen LogP contribution in [0.5, 0.6) is 0 Å². The molecule has 0 spiro atoms. The van der Waals surface area contributed by atoms with Gasteiger partial charge in [-0.1, -0.05) is 20.3 Å². The van der Waals surface area contributed by atoms with Gasteiger partial charge in [0.05, 0.1) is 0 Å². The van der Waals surface area contributed by atoms with E-state index in [1.165, 1.54) is 0 Å². The van der Waals surface area contributed by atoms with Gasteiger partial charge in [0.2, 0.25) is 0 Å². The van der Waals surface area contributed by atoms with Crippen molar-refractivity contribution in [2.45, 2.75) is 51.1 Å². The summed E-state index contributed by atoms with van der Waals surface area (Å²) in [7, 11) is 0. The van der Waals surface area contributed by atoms with E-state index in [4.69, 9.17) is 5.11 Å². The van der Waals surface area contributed by atoms with Crippen LogP contribution in [0.4, 0.5) is 8.78 Å². The highest BCUT2D eigenvalue weighted by Crippen LogP contribution is 2.44. The maximum absolute atomic E-state index is 13.4. The van der Waals surface area contributed by atoms with Crippen LogP contribution in [0.1, 0.15) is 39.5 Å². The molecule has 5 heteroatoms. The average Bonchev–Trinajstić information content (AvgIpc) is 2.17. The van der Waals surface area contributed by atoms with Gasteiger partial charge in [-0.05, 0) is 31.1 Å². The van der Waals surface area contributed by atoms with E-state index in [1.54, 1.807) is 0 Å². The van der Waals surface area contributed by atoms with E-state index in [1.807, 2.05) is 13.8 Å². The Labute approximate surface area is 93.5 Å². The highest BCUT2D eigenvalue weighted by Gasteiger charge is 2.60. The Morgan fingerprint density at radius 1 is 1.50 bits per heavy atom. The fourth-order valence-corrected chi connectivity index (χ4v) is 2.35. The number of carboxylic acids is 1. The lowest BCUT2D eigenvalue weighted by Gasteiger charge is -2.41. The van der Waals surface area contributed by atoms with Gasteiger partial charge in [-0.3, -0.25) is 0 Å². The molecule has 0 heterocycles. The summed E-state index contributed by atoms with van der Waals surface area (Å²) >= 11 is 0. The summed E-state index contributed by atoms with van der Waals surface area (Å²) in [5, 5.41) is 18.3. The van der Waals surface area contributed by atoms with Gasteiger partial charge in [0.15, 0.2) is 0 Å².